The van der Waals surface area contributed by atoms with Crippen LogP contribution in [0.15, 0.2) is 30.7 Å². The quantitative estimate of drug-likeness (QED) is 0.653. The molecule has 0 N–H and O–H groups in total. The molecule has 0 amide bonds. The van der Waals surface area contributed by atoms with E-state index in [0.717, 1.165) is 18.4 Å². The van der Waals surface area contributed by atoms with Crippen LogP contribution >= 0.6 is 0 Å². The Labute approximate surface area is 131 Å². The summed E-state index contributed by atoms with van der Waals surface area (Å²) in [4.78, 5) is 4.73. The van der Waals surface area contributed by atoms with Crippen molar-refractivity contribution in [2.24, 2.45) is 0 Å². The third-order valence-corrected chi connectivity index (χ3v) is 6.39. The van der Waals surface area contributed by atoms with Crippen LogP contribution in [0.4, 0.5) is 0 Å². The van der Waals surface area contributed by atoms with Crippen molar-refractivity contribution < 1.29 is 4.57 Å². The summed E-state index contributed by atoms with van der Waals surface area (Å²) in [6.07, 6.45) is 6.49. The van der Waals surface area contributed by atoms with E-state index in [2.05, 4.69) is 74.5 Å². The van der Waals surface area contributed by atoms with Crippen LogP contribution in [0.2, 0.25) is 0 Å². The molecule has 4 rings (SSSR count). The van der Waals surface area contributed by atoms with Gasteiger partial charge in [-0.25, -0.2) is 4.57 Å². The molecule has 0 saturated heterocycles. The maximum atomic E-state index is 4.73. The van der Waals surface area contributed by atoms with Gasteiger partial charge in [0.15, 0.2) is 0 Å². The summed E-state index contributed by atoms with van der Waals surface area (Å²) in [6, 6.07) is 6.66. The largest absolute Gasteiger partial charge is 0.334 e. The average Bonchev–Trinajstić information content (AvgIpc) is 2.96. The van der Waals surface area contributed by atoms with Crippen LogP contribution in [0.5, 0.6) is 0 Å². The van der Waals surface area contributed by atoms with Gasteiger partial charge in [-0.3, -0.25) is 0 Å². The predicted octanol–water partition coefficient (Wildman–Crippen LogP) is 4.05. The number of aryl methyl sites for hydroxylation is 1. The van der Waals surface area contributed by atoms with Crippen molar-refractivity contribution in [3.63, 3.8) is 0 Å². The molecule has 0 bridgehead atoms. The zero-order valence-electron chi connectivity index (χ0n) is 14.1. The van der Waals surface area contributed by atoms with Gasteiger partial charge in [0.25, 0.3) is 6.33 Å². The fraction of sp³-hybridized carbons (Fsp3) is 0.474. The van der Waals surface area contributed by atoms with Gasteiger partial charge in [0, 0.05) is 11.6 Å². The van der Waals surface area contributed by atoms with Crippen LogP contribution in [-0.2, 0) is 11.1 Å². The lowest BCUT2D eigenvalue weighted by Crippen LogP contribution is -2.68. The van der Waals surface area contributed by atoms with E-state index in [1.54, 1.807) is 0 Å². The highest BCUT2D eigenvalue weighted by molar-refractivity contribution is 6.02. The molecular formula is C19H24N3+. The monoisotopic (exact) mass is 294 g/mol. The van der Waals surface area contributed by atoms with E-state index in [1.165, 1.54) is 22.0 Å². The van der Waals surface area contributed by atoms with Gasteiger partial charge in [-0.2, -0.15) is 0 Å². The molecule has 3 aromatic rings. The Kier molecular flexibility index (Phi) is 2.56. The van der Waals surface area contributed by atoms with E-state index < -0.39 is 0 Å². The summed E-state index contributed by atoms with van der Waals surface area (Å²) in [5.41, 5.74) is 5.11. The molecule has 114 valence electrons. The van der Waals surface area contributed by atoms with E-state index >= 15 is 0 Å². The van der Waals surface area contributed by atoms with Crippen LogP contribution in [0.1, 0.15) is 46.1 Å². The summed E-state index contributed by atoms with van der Waals surface area (Å²) in [5, 5.41) is 1.34. The summed E-state index contributed by atoms with van der Waals surface area (Å²) in [6.45, 7) is 11.6. The van der Waals surface area contributed by atoms with Crippen molar-refractivity contribution >= 4 is 21.9 Å². The van der Waals surface area contributed by atoms with Gasteiger partial charge >= 0.3 is 0 Å². The molecule has 22 heavy (non-hydrogen) atoms. The Balaban J connectivity index is 2.33. The standard InChI is InChI=1S/C19H24N3/c1-6-18(4)19(5,7-2)22-12-20-15-11-13(3)14-9-8-10-21(18)16(14)17(15)22/h8-12H,6-7H2,1-5H3/q+1. The fourth-order valence-electron chi connectivity index (χ4n) is 4.46. The van der Waals surface area contributed by atoms with Gasteiger partial charge in [0.1, 0.15) is 11.1 Å². The van der Waals surface area contributed by atoms with Gasteiger partial charge in [0.2, 0.25) is 11.0 Å². The first-order valence-corrected chi connectivity index (χ1v) is 8.30. The van der Waals surface area contributed by atoms with E-state index in [4.69, 9.17) is 4.98 Å². The molecular weight excluding hydrogens is 270 g/mol. The zero-order chi connectivity index (χ0) is 15.7. The van der Waals surface area contributed by atoms with E-state index in [9.17, 15) is 0 Å². The number of rotatable bonds is 2. The Morgan fingerprint density at radius 1 is 1.23 bits per heavy atom. The molecule has 3 heterocycles. The van der Waals surface area contributed by atoms with E-state index in [1.807, 2.05) is 0 Å². The molecule has 2 unspecified atom stereocenters. The number of hydrogen-bond donors (Lipinski definition) is 0. The molecule has 1 aliphatic rings. The van der Waals surface area contributed by atoms with Crippen molar-refractivity contribution in [2.75, 3.05) is 0 Å². The van der Waals surface area contributed by atoms with Gasteiger partial charge < -0.3 is 4.57 Å². The lowest BCUT2D eigenvalue weighted by atomic mass is 9.73. The Hall–Kier alpha value is -1.90. The lowest BCUT2D eigenvalue weighted by molar-refractivity contribution is -0.754. The van der Waals surface area contributed by atoms with Gasteiger partial charge in [0.05, 0.1) is 5.54 Å². The van der Waals surface area contributed by atoms with Crippen molar-refractivity contribution in [2.45, 2.75) is 58.5 Å². The topological polar surface area (TPSA) is 21.7 Å². The van der Waals surface area contributed by atoms with Crippen LogP contribution in [0.3, 0.4) is 0 Å². The second-order valence-corrected chi connectivity index (χ2v) is 7.07. The highest BCUT2D eigenvalue weighted by Crippen LogP contribution is 2.45. The Morgan fingerprint density at radius 2 is 2.00 bits per heavy atom. The van der Waals surface area contributed by atoms with Gasteiger partial charge in [-0.05, 0) is 56.3 Å². The minimum Gasteiger partial charge on any atom is -0.334 e. The van der Waals surface area contributed by atoms with Crippen molar-refractivity contribution in [3.8, 4) is 0 Å². The smallest absolute Gasteiger partial charge is 0.288 e. The normalized spacial score (nSPS) is 27.1. The maximum Gasteiger partial charge on any atom is 0.288 e. The van der Waals surface area contributed by atoms with Crippen molar-refractivity contribution in [1.82, 2.24) is 9.55 Å². The van der Waals surface area contributed by atoms with E-state index in [-0.39, 0.29) is 11.1 Å². The van der Waals surface area contributed by atoms with Crippen LogP contribution in [-0.4, -0.2) is 9.55 Å². The summed E-state index contributed by atoms with van der Waals surface area (Å²) in [5.74, 6) is 0. The van der Waals surface area contributed by atoms with Crippen LogP contribution in [0.25, 0.3) is 21.9 Å². The predicted molar refractivity (Wildman–Crippen MR) is 90.0 cm³/mol. The number of pyridine rings is 1. The van der Waals surface area contributed by atoms with Crippen molar-refractivity contribution in [3.05, 3.63) is 36.3 Å². The summed E-state index contributed by atoms with van der Waals surface area (Å²) < 4.78 is 4.95. The second kappa shape index (κ2) is 4.09. The van der Waals surface area contributed by atoms with Gasteiger partial charge in [-0.1, -0.05) is 19.9 Å². The SMILES string of the molecule is CCC1(C)n2cccc3c(C)cc4nc[n+](c4c32)C1(C)CC. The average molecular weight is 294 g/mol. The molecule has 1 aromatic carbocycles. The molecule has 0 fully saturated rings. The molecule has 2 aromatic heterocycles. The first-order chi connectivity index (χ1) is 10.5. The van der Waals surface area contributed by atoms with Crippen LogP contribution < -0.4 is 4.57 Å². The fourth-order valence-corrected chi connectivity index (χ4v) is 4.46. The lowest BCUT2D eigenvalue weighted by Gasteiger charge is -2.48. The highest BCUT2D eigenvalue weighted by atomic mass is 15.2. The molecule has 3 heteroatoms. The zero-order valence-corrected chi connectivity index (χ0v) is 14.1. The minimum atomic E-state index is 0.0255. The Bertz CT molecular complexity index is 908. The molecule has 0 radical (unpaired) electrons. The number of imidazole rings is 1. The summed E-state index contributed by atoms with van der Waals surface area (Å²) >= 11 is 0. The first-order valence-electron chi connectivity index (χ1n) is 8.30. The number of aromatic nitrogens is 3. The van der Waals surface area contributed by atoms with Crippen molar-refractivity contribution in [1.29, 1.82) is 0 Å². The number of benzene rings is 1. The molecule has 2 atom stereocenters. The van der Waals surface area contributed by atoms with Gasteiger partial charge in [-0.15, -0.1) is 0 Å². The molecule has 1 aliphatic heterocycles. The highest BCUT2D eigenvalue weighted by Gasteiger charge is 2.53. The maximum absolute atomic E-state index is 4.73. The third-order valence-electron chi connectivity index (χ3n) is 6.39. The second-order valence-electron chi connectivity index (χ2n) is 7.07. The Morgan fingerprint density at radius 3 is 2.68 bits per heavy atom. The summed E-state index contributed by atoms with van der Waals surface area (Å²) in [7, 11) is 0. The van der Waals surface area contributed by atoms with E-state index in [0.29, 0.717) is 0 Å². The first kappa shape index (κ1) is 13.7. The molecule has 0 aliphatic carbocycles. The van der Waals surface area contributed by atoms with Crippen LogP contribution in [0, 0.1) is 6.92 Å². The number of nitrogens with zero attached hydrogens (tertiary/aromatic N) is 3. The molecule has 3 nitrogen and oxygen atoms in total. The number of hydrogen-bond acceptors (Lipinski definition) is 1. The molecule has 0 spiro atoms. The minimum absolute atomic E-state index is 0.0255. The third kappa shape index (κ3) is 1.29. The molecule has 0 saturated carbocycles.